The first kappa shape index (κ1) is 18.4. The van der Waals surface area contributed by atoms with Crippen LogP contribution < -0.4 is 10.6 Å². The molecule has 1 aromatic heterocycles. The van der Waals surface area contributed by atoms with Crippen molar-refractivity contribution in [2.75, 3.05) is 10.6 Å². The molecule has 150 valence electrons. The fourth-order valence-electron chi connectivity index (χ4n) is 3.78. The summed E-state index contributed by atoms with van der Waals surface area (Å²) in [4.78, 5) is 35.7. The number of fused-ring (bicyclic) bond motifs is 2. The zero-order valence-electron chi connectivity index (χ0n) is 15.7. The zero-order valence-corrected chi connectivity index (χ0v) is 16.5. The number of cyclic esters (lactones) is 2. The zero-order chi connectivity index (χ0) is 20.7. The summed E-state index contributed by atoms with van der Waals surface area (Å²) < 4.78 is 4.55. The molecule has 1 atom stereocenters. The number of esters is 2. The van der Waals surface area contributed by atoms with Gasteiger partial charge >= 0.3 is 11.9 Å². The van der Waals surface area contributed by atoms with Gasteiger partial charge in [-0.05, 0) is 48.6 Å². The smallest absolute Gasteiger partial charge is 0.346 e. The lowest BCUT2D eigenvalue weighted by Crippen LogP contribution is -2.17. The standard InChI is InChI=1S/C21H16N4O4S/c26-17(12-8-9-14-15(10-12)19(28)29-18(14)27)23-21-25-24-20(30-21)22-16-7-3-5-11-4-1-2-6-13(11)16/h1-2,4,6,8-10,16H,3,5,7H2,(H,22,24)(H,23,25,26). The second-order valence-electron chi connectivity index (χ2n) is 7.09. The Balaban J connectivity index is 1.29. The van der Waals surface area contributed by atoms with Crippen LogP contribution in [0.15, 0.2) is 42.5 Å². The average molecular weight is 420 g/mol. The first-order valence-corrected chi connectivity index (χ1v) is 10.3. The topological polar surface area (TPSA) is 110 Å². The van der Waals surface area contributed by atoms with Crippen molar-refractivity contribution in [2.24, 2.45) is 0 Å². The Kier molecular flexibility index (Phi) is 4.51. The van der Waals surface area contributed by atoms with Gasteiger partial charge in [-0.25, -0.2) is 9.59 Å². The fraction of sp³-hybridized carbons (Fsp3) is 0.190. The number of rotatable bonds is 4. The highest BCUT2D eigenvalue weighted by Gasteiger charge is 2.30. The summed E-state index contributed by atoms with van der Waals surface area (Å²) in [6, 6.07) is 12.7. The van der Waals surface area contributed by atoms with E-state index in [0.29, 0.717) is 10.3 Å². The number of anilines is 2. The van der Waals surface area contributed by atoms with Gasteiger partial charge in [-0.2, -0.15) is 0 Å². The first-order valence-electron chi connectivity index (χ1n) is 9.48. The molecule has 1 amide bonds. The molecule has 5 rings (SSSR count). The van der Waals surface area contributed by atoms with E-state index in [9.17, 15) is 14.4 Å². The molecular formula is C21H16N4O4S. The second kappa shape index (κ2) is 7.34. The van der Waals surface area contributed by atoms with E-state index in [1.165, 1.54) is 40.7 Å². The van der Waals surface area contributed by atoms with E-state index in [1.54, 1.807) is 0 Å². The Hall–Kier alpha value is -3.59. The Bertz CT molecular complexity index is 1190. The molecule has 2 N–H and O–H groups in total. The molecule has 1 unspecified atom stereocenters. The number of hydrogen-bond donors (Lipinski definition) is 2. The summed E-state index contributed by atoms with van der Waals surface area (Å²) in [6.45, 7) is 0. The third-order valence-corrected chi connectivity index (χ3v) is 5.99. The summed E-state index contributed by atoms with van der Waals surface area (Å²) in [5, 5.41) is 15.2. The predicted octanol–water partition coefficient (Wildman–Crippen LogP) is 3.59. The minimum absolute atomic E-state index is 0.0863. The molecule has 0 saturated carbocycles. The molecule has 0 saturated heterocycles. The van der Waals surface area contributed by atoms with E-state index in [1.807, 2.05) is 12.1 Å². The highest BCUT2D eigenvalue weighted by atomic mass is 32.1. The van der Waals surface area contributed by atoms with Crippen LogP contribution in [0.1, 0.15) is 61.1 Å². The van der Waals surface area contributed by atoms with Gasteiger partial charge in [0, 0.05) is 5.56 Å². The maximum Gasteiger partial charge on any atom is 0.346 e. The largest absolute Gasteiger partial charge is 0.386 e. The van der Waals surface area contributed by atoms with Crippen LogP contribution in [0.4, 0.5) is 10.3 Å². The van der Waals surface area contributed by atoms with Crippen LogP contribution in [0, 0.1) is 0 Å². The molecule has 0 spiro atoms. The van der Waals surface area contributed by atoms with Crippen molar-refractivity contribution in [1.82, 2.24) is 10.2 Å². The van der Waals surface area contributed by atoms with Gasteiger partial charge in [0.2, 0.25) is 10.3 Å². The number of aromatic nitrogens is 2. The average Bonchev–Trinajstić information content (AvgIpc) is 3.31. The number of hydrogen-bond acceptors (Lipinski definition) is 8. The van der Waals surface area contributed by atoms with Gasteiger partial charge in [0.05, 0.1) is 17.2 Å². The number of benzene rings is 2. The lowest BCUT2D eigenvalue weighted by Gasteiger charge is -2.25. The van der Waals surface area contributed by atoms with Gasteiger partial charge in [-0.3, -0.25) is 10.1 Å². The molecule has 0 radical (unpaired) electrons. The predicted molar refractivity (Wildman–Crippen MR) is 110 cm³/mol. The van der Waals surface area contributed by atoms with Gasteiger partial charge in [0.15, 0.2) is 0 Å². The number of nitrogens with one attached hydrogen (secondary N) is 2. The summed E-state index contributed by atoms with van der Waals surface area (Å²) in [6.07, 6.45) is 3.17. The lowest BCUT2D eigenvalue weighted by molar-refractivity contribution is 0.0443. The van der Waals surface area contributed by atoms with Crippen LogP contribution in [0.25, 0.3) is 0 Å². The summed E-state index contributed by atoms with van der Waals surface area (Å²) in [5.41, 5.74) is 3.08. The van der Waals surface area contributed by atoms with Crippen LogP contribution in [0.2, 0.25) is 0 Å². The SMILES string of the molecule is O=C(Nc1nnc(NC2CCCc3ccccc32)s1)c1ccc2c(c1)C(=O)OC2=O. The number of aryl methyl sites for hydroxylation is 1. The van der Waals surface area contributed by atoms with Gasteiger partial charge in [-0.15, -0.1) is 10.2 Å². The lowest BCUT2D eigenvalue weighted by atomic mass is 9.88. The number of nitrogens with zero attached hydrogens (tertiary/aromatic N) is 2. The third kappa shape index (κ3) is 3.33. The van der Waals surface area contributed by atoms with E-state index in [0.717, 1.165) is 19.3 Å². The van der Waals surface area contributed by atoms with Crippen molar-refractivity contribution in [3.63, 3.8) is 0 Å². The first-order chi connectivity index (χ1) is 14.6. The summed E-state index contributed by atoms with van der Waals surface area (Å²) >= 11 is 1.24. The highest BCUT2D eigenvalue weighted by molar-refractivity contribution is 7.19. The van der Waals surface area contributed by atoms with E-state index < -0.39 is 17.8 Å². The van der Waals surface area contributed by atoms with Gasteiger partial charge in [-0.1, -0.05) is 35.6 Å². The minimum atomic E-state index is -0.750. The molecule has 2 aliphatic rings. The van der Waals surface area contributed by atoms with Crippen molar-refractivity contribution in [2.45, 2.75) is 25.3 Å². The van der Waals surface area contributed by atoms with Crippen molar-refractivity contribution in [3.05, 3.63) is 70.3 Å². The van der Waals surface area contributed by atoms with Gasteiger partial charge in [0.25, 0.3) is 5.91 Å². The fourth-order valence-corrected chi connectivity index (χ4v) is 4.47. The minimum Gasteiger partial charge on any atom is -0.386 e. The molecule has 3 aromatic rings. The van der Waals surface area contributed by atoms with E-state index in [4.69, 9.17) is 0 Å². The molecule has 0 fully saturated rings. The van der Waals surface area contributed by atoms with Crippen LogP contribution in [0.5, 0.6) is 0 Å². The number of carbonyl (C=O) groups excluding carboxylic acids is 3. The van der Waals surface area contributed by atoms with Gasteiger partial charge in [0.1, 0.15) is 0 Å². The molecule has 1 aliphatic carbocycles. The third-order valence-electron chi connectivity index (χ3n) is 5.22. The van der Waals surface area contributed by atoms with Crippen molar-refractivity contribution in [3.8, 4) is 0 Å². The van der Waals surface area contributed by atoms with Crippen molar-refractivity contribution < 1.29 is 19.1 Å². The van der Waals surface area contributed by atoms with Crippen molar-refractivity contribution >= 4 is 39.4 Å². The number of carbonyl (C=O) groups is 3. The molecular weight excluding hydrogens is 404 g/mol. The van der Waals surface area contributed by atoms with E-state index in [-0.39, 0.29) is 22.7 Å². The summed E-state index contributed by atoms with van der Waals surface area (Å²) in [5.74, 6) is -1.90. The van der Waals surface area contributed by atoms with Crippen LogP contribution in [-0.2, 0) is 11.2 Å². The quantitative estimate of drug-likeness (QED) is 0.490. The van der Waals surface area contributed by atoms with Gasteiger partial charge < -0.3 is 10.1 Å². The molecule has 1 aliphatic heterocycles. The molecule has 9 heteroatoms. The molecule has 30 heavy (non-hydrogen) atoms. The van der Waals surface area contributed by atoms with Crippen LogP contribution in [0.3, 0.4) is 0 Å². The Morgan fingerprint density at radius 3 is 2.73 bits per heavy atom. The molecule has 8 nitrogen and oxygen atoms in total. The maximum absolute atomic E-state index is 12.5. The Labute approximate surface area is 175 Å². The molecule has 2 aromatic carbocycles. The number of amides is 1. The van der Waals surface area contributed by atoms with E-state index >= 15 is 0 Å². The van der Waals surface area contributed by atoms with E-state index in [2.05, 4.69) is 37.7 Å². The monoisotopic (exact) mass is 420 g/mol. The van der Waals surface area contributed by atoms with Crippen LogP contribution >= 0.6 is 11.3 Å². The maximum atomic E-state index is 12.5. The Morgan fingerprint density at radius 2 is 1.83 bits per heavy atom. The summed E-state index contributed by atoms with van der Waals surface area (Å²) in [7, 11) is 0. The van der Waals surface area contributed by atoms with Crippen LogP contribution in [-0.4, -0.2) is 28.0 Å². The molecule has 2 heterocycles. The Morgan fingerprint density at radius 1 is 1.03 bits per heavy atom. The normalized spacial score (nSPS) is 17.1. The number of ether oxygens (including phenoxy) is 1. The molecule has 0 bridgehead atoms. The second-order valence-corrected chi connectivity index (χ2v) is 8.07. The van der Waals surface area contributed by atoms with Crippen molar-refractivity contribution in [1.29, 1.82) is 0 Å². The highest BCUT2D eigenvalue weighted by Crippen LogP contribution is 2.34.